The molecule has 0 spiro atoms. The van der Waals surface area contributed by atoms with Crippen LogP contribution in [0.4, 0.5) is 0 Å². The number of nitrogens with zero attached hydrogens (tertiary/aromatic N) is 2. The topological polar surface area (TPSA) is 36.3 Å². The zero-order valence-electron chi connectivity index (χ0n) is 12.6. The van der Waals surface area contributed by atoms with Crippen molar-refractivity contribution in [2.75, 3.05) is 6.79 Å². The first-order chi connectivity index (χ1) is 10.6. The van der Waals surface area contributed by atoms with Crippen molar-refractivity contribution >= 4 is 16.7 Å². The molecule has 3 aromatic rings. The fourth-order valence-corrected chi connectivity index (χ4v) is 2.69. The van der Waals surface area contributed by atoms with E-state index in [1.54, 1.807) is 0 Å². The maximum atomic E-state index is 5.44. The first kappa shape index (κ1) is 13.0. The summed E-state index contributed by atoms with van der Waals surface area (Å²) in [7, 11) is 0. The van der Waals surface area contributed by atoms with E-state index < -0.39 is 0 Å². The molecule has 0 unspecified atom stereocenters. The molecule has 1 aromatic heterocycles. The van der Waals surface area contributed by atoms with Crippen molar-refractivity contribution in [3.8, 4) is 11.5 Å². The lowest BCUT2D eigenvalue weighted by Crippen LogP contribution is -1.96. The predicted octanol–water partition coefficient (Wildman–Crippen LogP) is 3.90. The molecule has 1 aliphatic heterocycles. The van der Waals surface area contributed by atoms with E-state index in [-0.39, 0.29) is 6.79 Å². The Balaban J connectivity index is 1.81. The third-order valence-electron chi connectivity index (χ3n) is 4.16. The molecule has 4 rings (SSSR count). The molecule has 0 saturated heterocycles. The number of imidazole rings is 1. The van der Waals surface area contributed by atoms with Gasteiger partial charge in [-0.05, 0) is 55.3 Å². The maximum absolute atomic E-state index is 5.44. The molecule has 0 bridgehead atoms. The third kappa shape index (κ3) is 1.88. The molecular formula is C18H16N2O2. The van der Waals surface area contributed by atoms with Gasteiger partial charge in [-0.1, -0.05) is 6.58 Å². The number of benzene rings is 2. The minimum atomic E-state index is 0.276. The second kappa shape index (κ2) is 4.63. The van der Waals surface area contributed by atoms with E-state index >= 15 is 0 Å². The van der Waals surface area contributed by atoms with Crippen LogP contribution in [0.5, 0.6) is 11.5 Å². The number of ether oxygens (including phenoxy) is 2. The number of fused-ring (bicyclic) bond motifs is 2. The Bertz CT molecular complexity index is 909. The van der Waals surface area contributed by atoms with Crippen LogP contribution >= 0.6 is 0 Å². The smallest absolute Gasteiger partial charge is 0.231 e. The lowest BCUT2D eigenvalue weighted by atomic mass is 10.1. The van der Waals surface area contributed by atoms with Gasteiger partial charge in [0.05, 0.1) is 11.0 Å². The predicted molar refractivity (Wildman–Crippen MR) is 86.2 cm³/mol. The maximum Gasteiger partial charge on any atom is 0.231 e. The van der Waals surface area contributed by atoms with Crippen LogP contribution in [0.2, 0.25) is 0 Å². The quantitative estimate of drug-likeness (QED) is 0.718. The Labute approximate surface area is 128 Å². The number of hydrogen-bond acceptors (Lipinski definition) is 3. The summed E-state index contributed by atoms with van der Waals surface area (Å²) < 4.78 is 12.8. The van der Waals surface area contributed by atoms with Crippen molar-refractivity contribution in [2.24, 2.45) is 0 Å². The zero-order chi connectivity index (χ0) is 15.3. The van der Waals surface area contributed by atoms with Gasteiger partial charge in [0.25, 0.3) is 0 Å². The second-order valence-corrected chi connectivity index (χ2v) is 5.55. The van der Waals surface area contributed by atoms with Crippen LogP contribution in [0.1, 0.15) is 16.7 Å². The summed E-state index contributed by atoms with van der Waals surface area (Å²) in [5.41, 5.74) is 6.38. The lowest BCUT2D eigenvalue weighted by Gasteiger charge is -2.10. The monoisotopic (exact) mass is 292 g/mol. The fraction of sp³-hybridized carbons (Fsp3) is 0.167. The van der Waals surface area contributed by atoms with Crippen LogP contribution in [0, 0.1) is 13.8 Å². The van der Waals surface area contributed by atoms with Crippen LogP contribution in [0.25, 0.3) is 16.7 Å². The molecule has 0 fully saturated rings. The largest absolute Gasteiger partial charge is 0.454 e. The lowest BCUT2D eigenvalue weighted by molar-refractivity contribution is 0.174. The van der Waals surface area contributed by atoms with Crippen molar-refractivity contribution in [3.05, 3.63) is 59.9 Å². The van der Waals surface area contributed by atoms with Gasteiger partial charge in [-0.2, -0.15) is 0 Å². The zero-order valence-corrected chi connectivity index (χ0v) is 12.6. The van der Waals surface area contributed by atoms with E-state index in [0.717, 1.165) is 33.8 Å². The SMILES string of the molecule is C=C(c1ccc2c(c1)OCO2)n1cnc2cc(C)c(C)cc21. The molecule has 0 aliphatic carbocycles. The molecule has 0 N–H and O–H groups in total. The summed E-state index contributed by atoms with van der Waals surface area (Å²) in [4.78, 5) is 4.49. The Hall–Kier alpha value is -2.75. The van der Waals surface area contributed by atoms with Gasteiger partial charge < -0.3 is 9.47 Å². The third-order valence-corrected chi connectivity index (χ3v) is 4.16. The van der Waals surface area contributed by atoms with Gasteiger partial charge in [-0.15, -0.1) is 0 Å². The highest BCUT2D eigenvalue weighted by molar-refractivity contribution is 5.83. The average molecular weight is 292 g/mol. The highest BCUT2D eigenvalue weighted by Crippen LogP contribution is 2.35. The van der Waals surface area contributed by atoms with Crippen molar-refractivity contribution in [3.63, 3.8) is 0 Å². The molecule has 0 atom stereocenters. The van der Waals surface area contributed by atoms with Gasteiger partial charge in [0.2, 0.25) is 6.79 Å². The normalized spacial score (nSPS) is 12.8. The van der Waals surface area contributed by atoms with Crippen molar-refractivity contribution in [1.29, 1.82) is 0 Å². The van der Waals surface area contributed by atoms with Crippen LogP contribution in [0.3, 0.4) is 0 Å². The van der Waals surface area contributed by atoms with Gasteiger partial charge in [0.15, 0.2) is 11.5 Å². The molecule has 110 valence electrons. The van der Waals surface area contributed by atoms with Gasteiger partial charge >= 0.3 is 0 Å². The number of aryl methyl sites for hydroxylation is 2. The summed E-state index contributed by atoms with van der Waals surface area (Å²) >= 11 is 0. The highest BCUT2D eigenvalue weighted by Gasteiger charge is 2.15. The molecule has 1 aliphatic rings. The van der Waals surface area contributed by atoms with Gasteiger partial charge in [-0.3, -0.25) is 4.57 Å². The summed E-state index contributed by atoms with van der Waals surface area (Å²) in [6, 6.07) is 10.1. The minimum Gasteiger partial charge on any atom is -0.454 e. The first-order valence-corrected chi connectivity index (χ1v) is 7.17. The van der Waals surface area contributed by atoms with Crippen LogP contribution in [-0.4, -0.2) is 16.3 Å². The average Bonchev–Trinajstić information content (AvgIpc) is 3.13. The Morgan fingerprint density at radius 1 is 1.09 bits per heavy atom. The van der Waals surface area contributed by atoms with E-state index in [1.807, 2.05) is 29.1 Å². The Kier molecular flexibility index (Phi) is 2.73. The van der Waals surface area contributed by atoms with E-state index in [2.05, 4.69) is 37.5 Å². The Morgan fingerprint density at radius 2 is 1.86 bits per heavy atom. The number of hydrogen-bond donors (Lipinski definition) is 0. The van der Waals surface area contributed by atoms with Crippen LogP contribution < -0.4 is 9.47 Å². The Morgan fingerprint density at radius 3 is 2.73 bits per heavy atom. The molecule has 0 amide bonds. The van der Waals surface area contributed by atoms with Gasteiger partial charge in [-0.25, -0.2) is 4.98 Å². The number of aromatic nitrogens is 2. The van der Waals surface area contributed by atoms with Crippen molar-refractivity contribution < 1.29 is 9.47 Å². The van der Waals surface area contributed by atoms with Crippen molar-refractivity contribution in [1.82, 2.24) is 9.55 Å². The summed E-state index contributed by atoms with van der Waals surface area (Å²) in [6.07, 6.45) is 1.82. The molecule has 4 heteroatoms. The van der Waals surface area contributed by atoms with Crippen LogP contribution in [-0.2, 0) is 0 Å². The van der Waals surface area contributed by atoms with E-state index in [0.29, 0.717) is 0 Å². The first-order valence-electron chi connectivity index (χ1n) is 7.17. The molecule has 0 saturated carbocycles. The van der Waals surface area contributed by atoms with E-state index in [9.17, 15) is 0 Å². The molecule has 0 radical (unpaired) electrons. The summed E-state index contributed by atoms with van der Waals surface area (Å²) in [5, 5.41) is 0. The molecule has 22 heavy (non-hydrogen) atoms. The van der Waals surface area contributed by atoms with Crippen molar-refractivity contribution in [2.45, 2.75) is 13.8 Å². The fourth-order valence-electron chi connectivity index (χ4n) is 2.69. The van der Waals surface area contributed by atoms with E-state index in [4.69, 9.17) is 9.47 Å². The standard InChI is InChI=1S/C18H16N2O2/c1-11-6-15-16(7-12(11)2)20(9-19-15)13(3)14-4-5-17-18(8-14)22-10-21-17/h4-9H,3,10H2,1-2H3. The van der Waals surface area contributed by atoms with Gasteiger partial charge in [0, 0.05) is 11.3 Å². The molecule has 2 aromatic carbocycles. The van der Waals surface area contributed by atoms with E-state index in [1.165, 1.54) is 11.1 Å². The number of rotatable bonds is 2. The summed E-state index contributed by atoms with van der Waals surface area (Å²) in [5.74, 6) is 1.54. The van der Waals surface area contributed by atoms with Crippen LogP contribution in [0.15, 0.2) is 43.2 Å². The van der Waals surface area contributed by atoms with Gasteiger partial charge in [0.1, 0.15) is 6.33 Å². The highest BCUT2D eigenvalue weighted by atomic mass is 16.7. The summed E-state index contributed by atoms with van der Waals surface area (Å²) in [6.45, 7) is 8.70. The molecular weight excluding hydrogens is 276 g/mol. The molecule has 4 nitrogen and oxygen atoms in total. The second-order valence-electron chi connectivity index (χ2n) is 5.55. The molecule has 2 heterocycles. The minimum absolute atomic E-state index is 0.276.